The highest BCUT2D eigenvalue weighted by Gasteiger charge is 2.22. The minimum absolute atomic E-state index is 0.0925. The van der Waals surface area contributed by atoms with Crippen molar-refractivity contribution in [3.63, 3.8) is 0 Å². The number of amides is 1. The Kier molecular flexibility index (Phi) is 4.24. The molecular weight excluding hydrogens is 364 g/mol. The first-order valence-electron chi connectivity index (χ1n) is 7.02. The molecule has 1 amide bonds. The number of carbonyl (C=O) groups excluding carboxylic acids is 1. The molecule has 0 aliphatic carbocycles. The van der Waals surface area contributed by atoms with E-state index in [1.807, 2.05) is 6.07 Å². The van der Waals surface area contributed by atoms with Gasteiger partial charge in [-0.2, -0.15) is 0 Å². The normalized spacial score (nSPS) is 14.1. The number of hydrogen-bond donors (Lipinski definition) is 1. The van der Waals surface area contributed by atoms with Gasteiger partial charge in [0.25, 0.3) is 0 Å². The zero-order chi connectivity index (χ0) is 16.4. The molecule has 23 heavy (non-hydrogen) atoms. The van der Waals surface area contributed by atoms with Crippen LogP contribution in [0.25, 0.3) is 0 Å². The lowest BCUT2D eigenvalue weighted by Crippen LogP contribution is -2.23. The van der Waals surface area contributed by atoms with Crippen LogP contribution in [-0.2, 0) is 4.79 Å². The summed E-state index contributed by atoms with van der Waals surface area (Å²) in [6, 6.07) is 8.60. The Labute approximate surface area is 140 Å². The fraction of sp³-hybridized carbons (Fsp3) is 0.200. The monoisotopic (exact) mass is 376 g/mol. The third-order valence-corrected chi connectivity index (χ3v) is 3.96. The van der Waals surface area contributed by atoms with E-state index >= 15 is 0 Å². The van der Waals surface area contributed by atoms with E-state index in [0.717, 1.165) is 12.1 Å². The molecule has 1 aliphatic heterocycles. The highest BCUT2D eigenvalue weighted by molar-refractivity contribution is 9.10. The zero-order valence-corrected chi connectivity index (χ0v) is 13.6. The second kappa shape index (κ2) is 6.33. The lowest BCUT2D eigenvalue weighted by atomic mass is 10.2. The summed E-state index contributed by atoms with van der Waals surface area (Å²) in [5, 5.41) is 14.1. The van der Waals surface area contributed by atoms with Gasteiger partial charge in [0.2, 0.25) is 11.7 Å². The molecule has 1 aromatic carbocycles. The van der Waals surface area contributed by atoms with Crippen LogP contribution < -0.4 is 10.2 Å². The molecular formula is C15H13BrN4O3. The zero-order valence-electron chi connectivity index (χ0n) is 12.0. The summed E-state index contributed by atoms with van der Waals surface area (Å²) >= 11 is 3.17. The van der Waals surface area contributed by atoms with Gasteiger partial charge in [0.05, 0.1) is 4.92 Å². The summed E-state index contributed by atoms with van der Waals surface area (Å²) in [5.74, 6) is 0.248. The number of rotatable bonds is 4. The molecule has 8 heteroatoms. The van der Waals surface area contributed by atoms with Crippen molar-refractivity contribution in [2.45, 2.75) is 12.8 Å². The number of carbonyl (C=O) groups is 1. The fourth-order valence-electron chi connectivity index (χ4n) is 2.47. The number of halogens is 1. The molecule has 7 nitrogen and oxygen atoms in total. The van der Waals surface area contributed by atoms with E-state index in [4.69, 9.17) is 0 Å². The number of aromatic nitrogens is 1. The van der Waals surface area contributed by atoms with Crippen molar-refractivity contribution >= 4 is 44.7 Å². The second-order valence-corrected chi connectivity index (χ2v) is 6.02. The maximum atomic E-state index is 11.8. The van der Waals surface area contributed by atoms with Crippen LogP contribution in [0.4, 0.5) is 22.9 Å². The summed E-state index contributed by atoms with van der Waals surface area (Å²) in [6.07, 6.45) is 2.89. The molecule has 2 aromatic rings. The summed E-state index contributed by atoms with van der Waals surface area (Å²) in [4.78, 5) is 28.2. The van der Waals surface area contributed by atoms with Gasteiger partial charge in [-0.25, -0.2) is 4.98 Å². The predicted octanol–water partition coefficient (Wildman–Crippen LogP) is 3.62. The molecule has 1 fully saturated rings. The maximum absolute atomic E-state index is 11.8. The third-order valence-electron chi connectivity index (χ3n) is 3.52. The number of anilines is 3. The second-order valence-electron chi connectivity index (χ2n) is 5.10. The van der Waals surface area contributed by atoms with Gasteiger partial charge in [-0.3, -0.25) is 14.9 Å². The van der Waals surface area contributed by atoms with E-state index < -0.39 is 4.92 Å². The van der Waals surface area contributed by atoms with Crippen molar-refractivity contribution in [3.05, 3.63) is 51.1 Å². The topological polar surface area (TPSA) is 88.4 Å². The van der Waals surface area contributed by atoms with Crippen molar-refractivity contribution < 1.29 is 9.72 Å². The largest absolute Gasteiger partial charge is 0.334 e. The molecule has 1 saturated heterocycles. The van der Waals surface area contributed by atoms with E-state index in [1.54, 1.807) is 23.1 Å². The van der Waals surface area contributed by atoms with Crippen LogP contribution in [0.15, 0.2) is 41.0 Å². The molecule has 3 rings (SSSR count). The predicted molar refractivity (Wildman–Crippen MR) is 89.9 cm³/mol. The van der Waals surface area contributed by atoms with Crippen LogP contribution in [0.2, 0.25) is 0 Å². The summed E-state index contributed by atoms with van der Waals surface area (Å²) in [7, 11) is 0. The number of nitro groups is 1. The van der Waals surface area contributed by atoms with Crippen LogP contribution in [0, 0.1) is 10.1 Å². The highest BCUT2D eigenvalue weighted by atomic mass is 79.9. The van der Waals surface area contributed by atoms with Crippen LogP contribution in [0.1, 0.15) is 12.8 Å². The molecule has 0 bridgehead atoms. The number of hydrogen-bond acceptors (Lipinski definition) is 5. The Bertz CT molecular complexity index is 781. The molecule has 1 aromatic heterocycles. The summed E-state index contributed by atoms with van der Waals surface area (Å²) in [6.45, 7) is 0.693. The van der Waals surface area contributed by atoms with Gasteiger partial charge in [0.1, 0.15) is 0 Å². The van der Waals surface area contributed by atoms with Crippen LogP contribution in [0.3, 0.4) is 0 Å². The Morgan fingerprint density at radius 3 is 2.87 bits per heavy atom. The van der Waals surface area contributed by atoms with Crippen molar-refractivity contribution in [3.8, 4) is 0 Å². The third kappa shape index (κ3) is 3.31. The van der Waals surface area contributed by atoms with Gasteiger partial charge in [0.15, 0.2) is 0 Å². The summed E-state index contributed by atoms with van der Waals surface area (Å²) in [5.41, 5.74) is 1.29. The molecule has 1 N–H and O–H groups in total. The molecule has 0 radical (unpaired) electrons. The maximum Gasteiger partial charge on any atom is 0.312 e. The molecule has 1 aliphatic rings. The van der Waals surface area contributed by atoms with E-state index in [2.05, 4.69) is 26.2 Å². The molecule has 0 spiro atoms. The molecule has 118 valence electrons. The Balaban J connectivity index is 1.89. The van der Waals surface area contributed by atoms with Crippen LogP contribution in [0.5, 0.6) is 0 Å². The lowest BCUT2D eigenvalue weighted by Gasteiger charge is -2.17. The van der Waals surface area contributed by atoms with Crippen LogP contribution >= 0.6 is 15.9 Å². The van der Waals surface area contributed by atoms with Crippen LogP contribution in [-0.4, -0.2) is 22.4 Å². The summed E-state index contributed by atoms with van der Waals surface area (Å²) < 4.78 is 0.533. The SMILES string of the molecule is O=C1CCCN1c1cccc(Nc2ncc(Br)cc2[N+](=O)[O-])c1. The Hall–Kier alpha value is -2.48. The first-order valence-corrected chi connectivity index (χ1v) is 7.81. The average molecular weight is 377 g/mol. The standard InChI is InChI=1S/C15H13BrN4O3/c16-10-7-13(20(22)23)15(17-9-10)18-11-3-1-4-12(8-11)19-6-2-5-14(19)21/h1,3-4,7-9H,2,5-6H2,(H,17,18). The van der Waals surface area contributed by atoms with Crippen molar-refractivity contribution in [2.24, 2.45) is 0 Å². The number of nitrogens with zero attached hydrogens (tertiary/aromatic N) is 3. The molecule has 2 heterocycles. The fourth-order valence-corrected chi connectivity index (χ4v) is 2.79. The van der Waals surface area contributed by atoms with Gasteiger partial charge < -0.3 is 10.2 Å². The Morgan fingerprint density at radius 1 is 1.35 bits per heavy atom. The smallest absolute Gasteiger partial charge is 0.312 e. The Morgan fingerprint density at radius 2 is 2.17 bits per heavy atom. The van der Waals surface area contributed by atoms with Gasteiger partial charge >= 0.3 is 5.69 Å². The number of pyridine rings is 1. The van der Waals surface area contributed by atoms with E-state index in [0.29, 0.717) is 23.1 Å². The number of benzene rings is 1. The quantitative estimate of drug-likeness (QED) is 0.650. The lowest BCUT2D eigenvalue weighted by molar-refractivity contribution is -0.384. The van der Waals surface area contributed by atoms with Gasteiger partial charge in [-0.05, 0) is 40.5 Å². The first kappa shape index (κ1) is 15.4. The van der Waals surface area contributed by atoms with Gasteiger partial charge in [-0.15, -0.1) is 0 Å². The highest BCUT2D eigenvalue weighted by Crippen LogP contribution is 2.30. The van der Waals surface area contributed by atoms with E-state index in [1.165, 1.54) is 12.3 Å². The van der Waals surface area contributed by atoms with Crippen molar-refractivity contribution in [1.82, 2.24) is 4.98 Å². The minimum atomic E-state index is -0.492. The molecule has 0 atom stereocenters. The molecule has 0 saturated carbocycles. The minimum Gasteiger partial charge on any atom is -0.334 e. The van der Waals surface area contributed by atoms with Gasteiger partial charge in [-0.1, -0.05) is 6.07 Å². The molecule has 0 unspecified atom stereocenters. The van der Waals surface area contributed by atoms with Gasteiger partial charge in [0, 0.05) is 41.1 Å². The number of nitrogens with one attached hydrogen (secondary N) is 1. The van der Waals surface area contributed by atoms with Crippen molar-refractivity contribution in [2.75, 3.05) is 16.8 Å². The van der Waals surface area contributed by atoms with E-state index in [-0.39, 0.29) is 17.4 Å². The van der Waals surface area contributed by atoms with E-state index in [9.17, 15) is 14.9 Å². The first-order chi connectivity index (χ1) is 11.0. The van der Waals surface area contributed by atoms with Crippen molar-refractivity contribution in [1.29, 1.82) is 0 Å². The average Bonchev–Trinajstić information content (AvgIpc) is 2.95.